The van der Waals surface area contributed by atoms with E-state index in [1.807, 2.05) is 91.1 Å². The number of fused-ring (bicyclic) bond motifs is 3. The Morgan fingerprint density at radius 1 is 0.925 bits per heavy atom. The fraction of sp³-hybridized carbons (Fsp3) is 0.0312. The molecule has 8 heteroatoms. The molecule has 6 nitrogen and oxygen atoms in total. The zero-order valence-corrected chi connectivity index (χ0v) is 23.3. The summed E-state index contributed by atoms with van der Waals surface area (Å²) in [5.74, 6) is 0.779. The second-order valence-corrected chi connectivity index (χ2v) is 10.8. The molecule has 0 fully saturated rings. The van der Waals surface area contributed by atoms with E-state index < -0.39 is 0 Å². The van der Waals surface area contributed by atoms with Crippen LogP contribution in [-0.2, 0) is 6.54 Å². The van der Waals surface area contributed by atoms with Crippen molar-refractivity contribution in [1.29, 1.82) is 0 Å². The lowest BCUT2D eigenvalue weighted by Crippen LogP contribution is -2.20. The lowest BCUT2D eigenvalue weighted by Gasteiger charge is -2.07. The zero-order chi connectivity index (χ0) is 27.2. The summed E-state index contributed by atoms with van der Waals surface area (Å²) in [7, 11) is 0. The van der Waals surface area contributed by atoms with Gasteiger partial charge >= 0.3 is 0 Å². The minimum absolute atomic E-state index is 0.279. The molecule has 0 aliphatic heterocycles. The van der Waals surface area contributed by atoms with E-state index in [0.29, 0.717) is 39.6 Å². The number of hydrogen-bond acceptors (Lipinski definition) is 4. The highest BCUT2D eigenvalue weighted by molar-refractivity contribution is 9.10. The largest absolute Gasteiger partial charge is 0.453 e. The SMILES string of the molecule is O=c1c2ccccc2nc(-c2cc3cc(Br)ccc3o2)n1N=Cc1cn(Cc2ccccc2Cl)c2ccccc12. The smallest absolute Gasteiger partial charge is 0.282 e. The maximum Gasteiger partial charge on any atom is 0.282 e. The topological polar surface area (TPSA) is 65.3 Å². The van der Waals surface area contributed by atoms with Crippen molar-refractivity contribution in [2.45, 2.75) is 6.54 Å². The molecule has 4 aromatic carbocycles. The minimum atomic E-state index is -0.279. The molecule has 0 unspecified atom stereocenters. The van der Waals surface area contributed by atoms with Gasteiger partial charge in [0.1, 0.15) is 5.58 Å². The highest BCUT2D eigenvalue weighted by Crippen LogP contribution is 2.29. The van der Waals surface area contributed by atoms with Crippen LogP contribution in [0.2, 0.25) is 5.02 Å². The molecule has 0 spiro atoms. The molecule has 3 heterocycles. The summed E-state index contributed by atoms with van der Waals surface area (Å²) in [5.41, 5.74) is 3.91. The van der Waals surface area contributed by atoms with Gasteiger partial charge in [0.15, 0.2) is 5.76 Å². The van der Waals surface area contributed by atoms with Crippen LogP contribution in [0, 0.1) is 0 Å². The van der Waals surface area contributed by atoms with E-state index in [4.69, 9.17) is 21.0 Å². The molecule has 194 valence electrons. The number of para-hydroxylation sites is 2. The Morgan fingerprint density at radius 2 is 1.70 bits per heavy atom. The molecule has 0 amide bonds. The molecule has 3 aromatic heterocycles. The van der Waals surface area contributed by atoms with Gasteiger partial charge in [0.2, 0.25) is 5.82 Å². The van der Waals surface area contributed by atoms with E-state index in [9.17, 15) is 4.79 Å². The number of nitrogens with zero attached hydrogens (tertiary/aromatic N) is 4. The zero-order valence-electron chi connectivity index (χ0n) is 21.0. The van der Waals surface area contributed by atoms with E-state index in [1.54, 1.807) is 12.3 Å². The van der Waals surface area contributed by atoms with Gasteiger partial charge in [-0.25, -0.2) is 4.98 Å². The van der Waals surface area contributed by atoms with Crippen LogP contribution in [0.15, 0.2) is 122 Å². The minimum Gasteiger partial charge on any atom is -0.453 e. The van der Waals surface area contributed by atoms with Crippen molar-refractivity contribution in [1.82, 2.24) is 14.2 Å². The molecule has 7 aromatic rings. The molecule has 0 aliphatic rings. The van der Waals surface area contributed by atoms with E-state index >= 15 is 0 Å². The summed E-state index contributed by atoms with van der Waals surface area (Å²) < 4.78 is 10.5. The van der Waals surface area contributed by atoms with Crippen molar-refractivity contribution in [2.75, 3.05) is 0 Å². The molecule has 40 heavy (non-hydrogen) atoms. The van der Waals surface area contributed by atoms with Crippen LogP contribution in [0.4, 0.5) is 0 Å². The summed E-state index contributed by atoms with van der Waals surface area (Å²) in [6.45, 7) is 0.602. The molecule has 0 saturated heterocycles. The first kappa shape index (κ1) is 24.6. The molecule has 0 bridgehead atoms. The molecule has 0 saturated carbocycles. The van der Waals surface area contributed by atoms with E-state index in [2.05, 4.69) is 31.7 Å². The number of aromatic nitrogens is 3. The second kappa shape index (κ2) is 9.93. The monoisotopic (exact) mass is 606 g/mol. The van der Waals surface area contributed by atoms with Gasteiger partial charge in [-0.05, 0) is 54.1 Å². The van der Waals surface area contributed by atoms with Gasteiger partial charge in [0.25, 0.3) is 5.56 Å². The number of furan rings is 1. The van der Waals surface area contributed by atoms with Crippen molar-refractivity contribution < 1.29 is 4.42 Å². The highest BCUT2D eigenvalue weighted by atomic mass is 79.9. The van der Waals surface area contributed by atoms with Crippen LogP contribution in [0.25, 0.3) is 44.4 Å². The summed E-state index contributed by atoms with van der Waals surface area (Å²) in [6, 6.07) is 30.8. The summed E-state index contributed by atoms with van der Waals surface area (Å²) in [4.78, 5) is 18.5. The Kier molecular flexibility index (Phi) is 6.10. The van der Waals surface area contributed by atoms with Gasteiger partial charge in [0, 0.05) is 44.1 Å². The average Bonchev–Trinajstić information content (AvgIpc) is 3.55. The molecular weight excluding hydrogens is 588 g/mol. The van der Waals surface area contributed by atoms with Gasteiger partial charge in [-0.15, -0.1) is 0 Å². The number of halogens is 2. The Bertz CT molecular complexity index is 2160. The maximum absolute atomic E-state index is 13.7. The summed E-state index contributed by atoms with van der Waals surface area (Å²) >= 11 is 9.96. The third kappa shape index (κ3) is 4.33. The normalized spacial score (nSPS) is 11.8. The van der Waals surface area contributed by atoms with E-state index in [0.717, 1.165) is 31.9 Å². The van der Waals surface area contributed by atoms with Crippen molar-refractivity contribution in [3.8, 4) is 11.6 Å². The van der Waals surface area contributed by atoms with Crippen molar-refractivity contribution in [3.05, 3.63) is 134 Å². The van der Waals surface area contributed by atoms with Gasteiger partial charge in [-0.2, -0.15) is 9.78 Å². The summed E-state index contributed by atoms with van der Waals surface area (Å²) in [6.07, 6.45) is 3.72. The predicted octanol–water partition coefficient (Wildman–Crippen LogP) is 8.11. The molecule has 0 radical (unpaired) electrons. The quantitative estimate of drug-likeness (QED) is 0.186. The van der Waals surface area contributed by atoms with Crippen molar-refractivity contribution >= 4 is 66.5 Å². The fourth-order valence-electron chi connectivity index (χ4n) is 4.95. The first-order chi connectivity index (χ1) is 19.5. The molecule has 7 rings (SSSR count). The lowest BCUT2D eigenvalue weighted by atomic mass is 10.2. The van der Waals surface area contributed by atoms with Crippen LogP contribution in [0.1, 0.15) is 11.1 Å². The first-order valence-electron chi connectivity index (χ1n) is 12.6. The van der Waals surface area contributed by atoms with Crippen LogP contribution < -0.4 is 5.56 Å². The third-order valence-electron chi connectivity index (χ3n) is 6.88. The van der Waals surface area contributed by atoms with Gasteiger partial charge in [0.05, 0.1) is 17.1 Å². The van der Waals surface area contributed by atoms with Crippen molar-refractivity contribution in [3.63, 3.8) is 0 Å². The maximum atomic E-state index is 13.7. The Morgan fingerprint density at radius 3 is 2.58 bits per heavy atom. The molecular formula is C32H20BrClN4O2. The molecule has 0 aliphatic carbocycles. The van der Waals surface area contributed by atoms with Gasteiger partial charge < -0.3 is 8.98 Å². The Labute approximate surface area is 241 Å². The number of rotatable bonds is 5. The standard InChI is InChI=1S/C32H20BrClN4O2/c33-23-13-14-29-21(15-23)16-30(40-29)31-36-27-11-5-2-9-25(27)32(39)38(31)35-17-22-19-37(28-12-6-3-8-24(22)28)18-20-7-1-4-10-26(20)34/h1-17,19H,18H2. The molecule has 0 N–H and O–H groups in total. The van der Waals surface area contributed by atoms with Crippen LogP contribution in [-0.4, -0.2) is 20.4 Å². The Balaban J connectivity index is 1.38. The number of hydrogen-bond donors (Lipinski definition) is 0. The first-order valence-corrected chi connectivity index (χ1v) is 13.8. The van der Waals surface area contributed by atoms with Crippen LogP contribution >= 0.6 is 27.5 Å². The van der Waals surface area contributed by atoms with E-state index in [-0.39, 0.29) is 5.56 Å². The van der Waals surface area contributed by atoms with Crippen LogP contribution in [0.3, 0.4) is 0 Å². The number of benzene rings is 4. The van der Waals surface area contributed by atoms with Crippen molar-refractivity contribution in [2.24, 2.45) is 5.10 Å². The Hall–Kier alpha value is -4.46. The summed E-state index contributed by atoms with van der Waals surface area (Å²) in [5, 5.41) is 7.78. The molecule has 0 atom stereocenters. The van der Waals surface area contributed by atoms with Crippen LogP contribution in [0.5, 0.6) is 0 Å². The van der Waals surface area contributed by atoms with E-state index in [1.165, 1.54) is 4.68 Å². The van der Waals surface area contributed by atoms with Gasteiger partial charge in [-0.1, -0.05) is 76.1 Å². The second-order valence-electron chi connectivity index (χ2n) is 9.43. The lowest BCUT2D eigenvalue weighted by molar-refractivity contribution is 0.616. The fourth-order valence-corrected chi connectivity index (χ4v) is 5.53. The third-order valence-corrected chi connectivity index (χ3v) is 7.74. The highest BCUT2D eigenvalue weighted by Gasteiger charge is 2.17. The predicted molar refractivity (Wildman–Crippen MR) is 164 cm³/mol. The van der Waals surface area contributed by atoms with Gasteiger partial charge in [-0.3, -0.25) is 4.79 Å². The average molecular weight is 608 g/mol.